The number of aryl methyl sites for hydroxylation is 2. The summed E-state index contributed by atoms with van der Waals surface area (Å²) < 4.78 is 0. The Kier molecular flexibility index (Phi) is 4.87. The monoisotopic (exact) mass is 401 g/mol. The number of nitrogens with one attached hydrogen (secondary N) is 1. The van der Waals surface area contributed by atoms with Crippen LogP contribution in [0.2, 0.25) is 0 Å². The Morgan fingerprint density at radius 3 is 2.63 bits per heavy atom. The van der Waals surface area contributed by atoms with E-state index in [1.165, 1.54) is 11.1 Å². The summed E-state index contributed by atoms with van der Waals surface area (Å²) in [5.41, 5.74) is 5.49. The number of amides is 1. The average molecular weight is 402 g/mol. The van der Waals surface area contributed by atoms with Crippen LogP contribution in [0.15, 0.2) is 55.1 Å². The fourth-order valence-corrected chi connectivity index (χ4v) is 5.21. The van der Waals surface area contributed by atoms with Crippen molar-refractivity contribution in [3.63, 3.8) is 0 Å². The van der Waals surface area contributed by atoms with Crippen LogP contribution in [-0.2, 0) is 6.54 Å². The number of imidazole rings is 1. The number of rotatable bonds is 4. The molecule has 6 heteroatoms. The molecule has 2 aromatic heterocycles. The van der Waals surface area contributed by atoms with E-state index in [-0.39, 0.29) is 11.9 Å². The molecule has 4 heterocycles. The number of carbonyl (C=O) groups excluding carboxylic acids is 1. The summed E-state index contributed by atoms with van der Waals surface area (Å²) in [7, 11) is 0. The van der Waals surface area contributed by atoms with Crippen LogP contribution in [0.4, 0.5) is 0 Å². The molecule has 30 heavy (non-hydrogen) atoms. The maximum atomic E-state index is 13.4. The van der Waals surface area contributed by atoms with Gasteiger partial charge in [0.2, 0.25) is 0 Å². The van der Waals surface area contributed by atoms with Gasteiger partial charge in [-0.25, -0.2) is 4.98 Å². The van der Waals surface area contributed by atoms with E-state index in [2.05, 4.69) is 62.9 Å². The second kappa shape index (κ2) is 7.69. The van der Waals surface area contributed by atoms with Gasteiger partial charge in [0.25, 0.3) is 5.91 Å². The molecule has 1 N–H and O–H groups in total. The molecule has 3 atom stereocenters. The van der Waals surface area contributed by atoms with Crippen molar-refractivity contribution < 1.29 is 4.79 Å². The number of aromatic nitrogens is 3. The molecule has 154 valence electrons. The van der Waals surface area contributed by atoms with Crippen LogP contribution < -0.4 is 0 Å². The largest absolute Gasteiger partial charge is 0.348 e. The first-order valence-electron chi connectivity index (χ1n) is 10.6. The first kappa shape index (κ1) is 19.0. The van der Waals surface area contributed by atoms with Gasteiger partial charge >= 0.3 is 0 Å². The van der Waals surface area contributed by atoms with E-state index >= 15 is 0 Å². The SMILES string of the molecule is Cc1ccccc1[C@@H]1[C@H]2CN(Cc3nc[nH]c3C)C[C@H]2CN1C(=O)c1ccncc1. The van der Waals surface area contributed by atoms with Crippen molar-refractivity contribution in [1.29, 1.82) is 0 Å². The summed E-state index contributed by atoms with van der Waals surface area (Å²) >= 11 is 0. The lowest BCUT2D eigenvalue weighted by Crippen LogP contribution is -2.36. The Labute approximate surface area is 177 Å². The van der Waals surface area contributed by atoms with Gasteiger partial charge in [0.1, 0.15) is 0 Å². The molecule has 3 aromatic rings. The number of carbonyl (C=O) groups is 1. The highest BCUT2D eigenvalue weighted by Gasteiger charge is 2.49. The molecule has 0 saturated carbocycles. The molecule has 0 bridgehead atoms. The number of benzene rings is 1. The zero-order chi connectivity index (χ0) is 20.7. The van der Waals surface area contributed by atoms with Crippen molar-refractivity contribution in [2.45, 2.75) is 26.4 Å². The summed E-state index contributed by atoms with van der Waals surface area (Å²) in [5.74, 6) is 1.01. The number of likely N-dealkylation sites (tertiary alicyclic amines) is 2. The molecule has 6 nitrogen and oxygen atoms in total. The molecule has 2 fully saturated rings. The molecule has 2 aliphatic rings. The van der Waals surface area contributed by atoms with Crippen molar-refractivity contribution in [2.24, 2.45) is 11.8 Å². The van der Waals surface area contributed by atoms with Gasteiger partial charge in [-0.2, -0.15) is 0 Å². The highest BCUT2D eigenvalue weighted by molar-refractivity contribution is 5.94. The third-order valence-corrected chi connectivity index (χ3v) is 6.74. The van der Waals surface area contributed by atoms with Crippen LogP contribution in [0.3, 0.4) is 0 Å². The van der Waals surface area contributed by atoms with E-state index in [0.29, 0.717) is 17.4 Å². The average Bonchev–Trinajstić information content (AvgIpc) is 3.44. The molecule has 0 spiro atoms. The first-order valence-corrected chi connectivity index (χ1v) is 10.6. The number of nitrogens with zero attached hydrogens (tertiary/aromatic N) is 4. The maximum Gasteiger partial charge on any atom is 0.254 e. The summed E-state index contributed by atoms with van der Waals surface area (Å²) in [4.78, 5) is 29.8. The third-order valence-electron chi connectivity index (χ3n) is 6.74. The molecular formula is C24H27N5O. The van der Waals surface area contributed by atoms with Crippen LogP contribution >= 0.6 is 0 Å². The van der Waals surface area contributed by atoms with Crippen molar-refractivity contribution in [3.05, 3.63) is 83.2 Å². The normalized spacial score (nSPS) is 23.7. The number of hydrogen-bond donors (Lipinski definition) is 1. The van der Waals surface area contributed by atoms with Crippen molar-refractivity contribution in [3.8, 4) is 0 Å². The highest BCUT2D eigenvalue weighted by Crippen LogP contribution is 2.46. The Balaban J connectivity index is 1.44. The van der Waals surface area contributed by atoms with Gasteiger partial charge in [-0.3, -0.25) is 14.7 Å². The van der Waals surface area contributed by atoms with E-state index in [1.54, 1.807) is 18.7 Å². The molecule has 0 radical (unpaired) electrons. The minimum atomic E-state index is 0.0992. The lowest BCUT2D eigenvalue weighted by molar-refractivity contribution is 0.0699. The minimum absolute atomic E-state index is 0.0992. The Morgan fingerprint density at radius 2 is 1.90 bits per heavy atom. The minimum Gasteiger partial charge on any atom is -0.348 e. The number of fused-ring (bicyclic) bond motifs is 1. The van der Waals surface area contributed by atoms with E-state index in [9.17, 15) is 4.79 Å². The second-order valence-corrected chi connectivity index (χ2v) is 8.59. The maximum absolute atomic E-state index is 13.4. The Bertz CT molecular complexity index is 1050. The topological polar surface area (TPSA) is 65.1 Å². The molecule has 0 aliphatic carbocycles. The number of aromatic amines is 1. The predicted octanol–water partition coefficient (Wildman–Crippen LogP) is 3.37. The van der Waals surface area contributed by atoms with E-state index in [1.807, 2.05) is 12.1 Å². The van der Waals surface area contributed by atoms with Crippen molar-refractivity contribution >= 4 is 5.91 Å². The quantitative estimate of drug-likeness (QED) is 0.728. The van der Waals surface area contributed by atoms with Gasteiger partial charge in [0, 0.05) is 55.7 Å². The fraction of sp³-hybridized carbons (Fsp3) is 0.375. The Hall–Kier alpha value is -2.99. The summed E-state index contributed by atoms with van der Waals surface area (Å²) in [6.45, 7) is 7.86. The zero-order valence-corrected chi connectivity index (χ0v) is 17.5. The third kappa shape index (κ3) is 3.31. The molecule has 2 saturated heterocycles. The molecule has 1 amide bonds. The molecule has 1 aromatic carbocycles. The fourth-order valence-electron chi connectivity index (χ4n) is 5.21. The first-order chi connectivity index (χ1) is 14.6. The van der Waals surface area contributed by atoms with Crippen LogP contribution in [0.25, 0.3) is 0 Å². The molecular weight excluding hydrogens is 374 g/mol. The standard InChI is InChI=1S/C24H27N5O/c1-16-5-3-4-6-20(16)23-21-13-28(14-22-17(2)26-15-27-22)11-19(21)12-29(23)24(30)18-7-9-25-10-8-18/h3-10,15,19,21,23H,11-14H2,1-2H3,(H,26,27)/t19-,21-,23+/m0/s1. The van der Waals surface area contributed by atoms with Gasteiger partial charge in [-0.15, -0.1) is 0 Å². The predicted molar refractivity (Wildman–Crippen MR) is 115 cm³/mol. The van der Waals surface area contributed by atoms with Crippen LogP contribution in [0, 0.1) is 25.7 Å². The number of pyridine rings is 1. The van der Waals surface area contributed by atoms with E-state index in [0.717, 1.165) is 37.6 Å². The van der Waals surface area contributed by atoms with Crippen molar-refractivity contribution in [1.82, 2.24) is 24.8 Å². The number of H-pyrrole nitrogens is 1. The summed E-state index contributed by atoms with van der Waals surface area (Å²) in [6.07, 6.45) is 5.16. The summed E-state index contributed by atoms with van der Waals surface area (Å²) in [5, 5.41) is 0. The van der Waals surface area contributed by atoms with E-state index in [4.69, 9.17) is 0 Å². The van der Waals surface area contributed by atoms with Crippen LogP contribution in [0.5, 0.6) is 0 Å². The van der Waals surface area contributed by atoms with Gasteiger partial charge in [-0.1, -0.05) is 24.3 Å². The van der Waals surface area contributed by atoms with Gasteiger partial charge in [-0.05, 0) is 43.0 Å². The van der Waals surface area contributed by atoms with Gasteiger partial charge in [0.05, 0.1) is 18.1 Å². The van der Waals surface area contributed by atoms with Crippen molar-refractivity contribution in [2.75, 3.05) is 19.6 Å². The summed E-state index contributed by atoms with van der Waals surface area (Å²) in [6, 6.07) is 12.2. The lowest BCUT2D eigenvalue weighted by atomic mass is 9.87. The van der Waals surface area contributed by atoms with Gasteiger partial charge in [0.15, 0.2) is 0 Å². The zero-order valence-electron chi connectivity index (χ0n) is 17.5. The van der Waals surface area contributed by atoms with Gasteiger partial charge < -0.3 is 9.88 Å². The Morgan fingerprint density at radius 1 is 1.10 bits per heavy atom. The smallest absolute Gasteiger partial charge is 0.254 e. The molecule has 0 unspecified atom stereocenters. The van der Waals surface area contributed by atoms with Crippen LogP contribution in [-0.4, -0.2) is 50.3 Å². The number of hydrogen-bond acceptors (Lipinski definition) is 4. The highest BCUT2D eigenvalue weighted by atomic mass is 16.2. The lowest BCUT2D eigenvalue weighted by Gasteiger charge is -2.31. The second-order valence-electron chi connectivity index (χ2n) is 8.59. The molecule has 5 rings (SSSR count). The molecule has 2 aliphatic heterocycles. The van der Waals surface area contributed by atoms with E-state index < -0.39 is 0 Å². The van der Waals surface area contributed by atoms with Crippen LogP contribution in [0.1, 0.15) is 38.9 Å².